The SMILES string of the molecule is Cc1cc(N2C(=O)[C@H]3[C@H](C2=O)[C@@]2(c4ccc(Cl)cc4)C(=O)[C@@]3(c3ccc(Cl)cc3)C(c3ccccc3)=C2c2ccccc2)c([N+](=O)[O-])cc1C. The Morgan fingerprint density at radius 3 is 1.42 bits per heavy atom. The molecule has 4 atom stereocenters. The van der Waals surface area contributed by atoms with Gasteiger partial charge in [-0.1, -0.05) is 108 Å². The number of carbonyl (C=O) groups is 3. The molecule has 50 heavy (non-hydrogen) atoms. The van der Waals surface area contributed by atoms with E-state index in [1.807, 2.05) is 60.7 Å². The van der Waals surface area contributed by atoms with Gasteiger partial charge in [0.2, 0.25) is 11.8 Å². The highest BCUT2D eigenvalue weighted by Crippen LogP contribution is 2.74. The number of Topliss-reactive ketones (excluding diaryl/α,β-unsaturated/α-hetero) is 1. The summed E-state index contributed by atoms with van der Waals surface area (Å²) >= 11 is 12.8. The van der Waals surface area contributed by atoms with Gasteiger partial charge in [-0.2, -0.15) is 0 Å². The molecule has 1 aliphatic heterocycles. The first kappa shape index (κ1) is 31.9. The van der Waals surface area contributed by atoms with Gasteiger partial charge in [-0.3, -0.25) is 24.5 Å². The molecule has 0 spiro atoms. The summed E-state index contributed by atoms with van der Waals surface area (Å²) in [7, 11) is 0. The zero-order valence-electron chi connectivity index (χ0n) is 26.9. The molecule has 0 unspecified atom stereocenters. The summed E-state index contributed by atoms with van der Waals surface area (Å²) in [6.07, 6.45) is 0. The molecule has 8 rings (SSSR count). The Morgan fingerprint density at radius 2 is 1.02 bits per heavy atom. The third-order valence-electron chi connectivity index (χ3n) is 10.7. The molecule has 5 aromatic rings. The van der Waals surface area contributed by atoms with Gasteiger partial charge in [0.15, 0.2) is 5.78 Å². The highest BCUT2D eigenvalue weighted by atomic mass is 35.5. The fourth-order valence-electron chi connectivity index (χ4n) is 8.71. The number of carbonyl (C=O) groups excluding carboxylic acids is 3. The van der Waals surface area contributed by atoms with E-state index in [1.165, 1.54) is 12.1 Å². The summed E-state index contributed by atoms with van der Waals surface area (Å²) in [5.41, 5.74) is 1.09. The van der Waals surface area contributed by atoms with Crippen LogP contribution in [0.25, 0.3) is 11.1 Å². The number of allylic oxidation sites excluding steroid dienone is 2. The first-order chi connectivity index (χ1) is 24.0. The lowest BCUT2D eigenvalue weighted by Crippen LogP contribution is -2.45. The minimum atomic E-state index is -1.68. The van der Waals surface area contributed by atoms with Crippen LogP contribution in [-0.2, 0) is 25.2 Å². The van der Waals surface area contributed by atoms with E-state index in [9.17, 15) is 10.1 Å². The maximum absolute atomic E-state index is 16.0. The first-order valence-corrected chi connectivity index (χ1v) is 16.9. The summed E-state index contributed by atoms with van der Waals surface area (Å²) in [5.74, 6) is -4.16. The molecule has 0 radical (unpaired) electrons. The van der Waals surface area contributed by atoms with Crippen molar-refractivity contribution in [2.24, 2.45) is 11.8 Å². The van der Waals surface area contributed by atoms with E-state index >= 15 is 14.4 Å². The van der Waals surface area contributed by atoms with Gasteiger partial charge in [-0.15, -0.1) is 0 Å². The van der Waals surface area contributed by atoms with Gasteiger partial charge in [0.05, 0.1) is 27.6 Å². The fourth-order valence-corrected chi connectivity index (χ4v) is 8.96. The molecule has 3 aliphatic rings. The number of halogens is 2. The molecule has 2 amide bonds. The highest BCUT2D eigenvalue weighted by Gasteiger charge is 2.83. The van der Waals surface area contributed by atoms with Crippen molar-refractivity contribution in [1.29, 1.82) is 0 Å². The Bertz CT molecular complexity index is 2180. The molecule has 1 heterocycles. The monoisotopic (exact) mass is 698 g/mol. The number of nitro groups is 1. The predicted molar refractivity (Wildman–Crippen MR) is 193 cm³/mol. The van der Waals surface area contributed by atoms with Crippen LogP contribution in [0.3, 0.4) is 0 Å². The van der Waals surface area contributed by atoms with Gasteiger partial charge < -0.3 is 0 Å². The first-order valence-electron chi connectivity index (χ1n) is 16.1. The smallest absolute Gasteiger partial charge is 0.293 e. The van der Waals surface area contributed by atoms with Crippen molar-refractivity contribution in [2.75, 3.05) is 4.90 Å². The molecule has 246 valence electrons. The molecule has 9 heteroatoms. The van der Waals surface area contributed by atoms with Gasteiger partial charge in [0.25, 0.3) is 5.69 Å². The van der Waals surface area contributed by atoms with Gasteiger partial charge >= 0.3 is 0 Å². The van der Waals surface area contributed by atoms with Crippen molar-refractivity contribution in [2.45, 2.75) is 24.7 Å². The van der Waals surface area contributed by atoms with Crippen LogP contribution >= 0.6 is 23.2 Å². The number of ketones is 1. The van der Waals surface area contributed by atoms with Crippen LogP contribution in [0.15, 0.2) is 121 Å². The third-order valence-corrected chi connectivity index (χ3v) is 11.3. The Morgan fingerprint density at radius 1 is 0.620 bits per heavy atom. The molecular formula is C41H28Cl2N2O5. The van der Waals surface area contributed by atoms with E-state index in [0.717, 1.165) is 4.90 Å². The number of anilines is 1. The second-order valence-electron chi connectivity index (χ2n) is 13.1. The summed E-state index contributed by atoms with van der Waals surface area (Å²) in [5, 5.41) is 13.3. The second-order valence-corrected chi connectivity index (χ2v) is 14.0. The van der Waals surface area contributed by atoms with Crippen molar-refractivity contribution in [3.63, 3.8) is 0 Å². The molecule has 2 aliphatic carbocycles. The fraction of sp³-hybridized carbons (Fsp3) is 0.146. The van der Waals surface area contributed by atoms with Crippen molar-refractivity contribution in [3.8, 4) is 0 Å². The number of rotatable bonds is 6. The van der Waals surface area contributed by atoms with E-state index in [-0.39, 0.29) is 17.2 Å². The number of aryl methyl sites for hydroxylation is 2. The van der Waals surface area contributed by atoms with E-state index in [4.69, 9.17) is 23.2 Å². The Kier molecular flexibility index (Phi) is 7.23. The van der Waals surface area contributed by atoms with E-state index in [2.05, 4.69) is 0 Å². The van der Waals surface area contributed by atoms with E-state index in [0.29, 0.717) is 54.6 Å². The van der Waals surface area contributed by atoms with Gasteiger partial charge in [0.1, 0.15) is 5.69 Å². The molecule has 7 nitrogen and oxygen atoms in total. The zero-order valence-corrected chi connectivity index (χ0v) is 28.4. The average Bonchev–Trinajstić information content (AvgIpc) is 3.62. The number of nitro benzene ring substituents is 1. The van der Waals surface area contributed by atoms with Crippen LogP contribution in [0.2, 0.25) is 10.0 Å². The number of imide groups is 1. The number of fused-ring (bicyclic) bond motifs is 5. The number of amides is 2. The van der Waals surface area contributed by atoms with Crippen molar-refractivity contribution in [3.05, 3.63) is 175 Å². The predicted octanol–water partition coefficient (Wildman–Crippen LogP) is 8.71. The largest absolute Gasteiger partial charge is 0.297 e. The number of hydrogen-bond donors (Lipinski definition) is 0. The Labute approximate surface area is 297 Å². The molecule has 0 N–H and O–H groups in total. The number of benzene rings is 5. The number of hydrogen-bond acceptors (Lipinski definition) is 5. The summed E-state index contributed by atoms with van der Waals surface area (Å²) in [4.78, 5) is 59.4. The van der Waals surface area contributed by atoms with E-state index in [1.54, 1.807) is 62.4 Å². The van der Waals surface area contributed by atoms with E-state index < -0.39 is 39.4 Å². The van der Waals surface area contributed by atoms with Gasteiger partial charge in [-0.25, -0.2) is 4.90 Å². The number of nitrogens with zero attached hydrogens (tertiary/aromatic N) is 2. The minimum Gasteiger partial charge on any atom is -0.297 e. The van der Waals surface area contributed by atoms with Crippen LogP contribution in [-0.4, -0.2) is 22.5 Å². The van der Waals surface area contributed by atoms with Crippen LogP contribution in [0.4, 0.5) is 11.4 Å². The van der Waals surface area contributed by atoms with Crippen molar-refractivity contribution < 1.29 is 19.3 Å². The van der Waals surface area contributed by atoms with Crippen LogP contribution in [0, 0.1) is 35.8 Å². The van der Waals surface area contributed by atoms with Crippen LogP contribution in [0.1, 0.15) is 33.4 Å². The maximum atomic E-state index is 16.0. The summed E-state index contributed by atoms with van der Waals surface area (Å²) in [6, 6.07) is 35.4. The summed E-state index contributed by atoms with van der Waals surface area (Å²) in [6.45, 7) is 3.51. The van der Waals surface area contributed by atoms with Crippen molar-refractivity contribution >= 4 is 63.3 Å². The maximum Gasteiger partial charge on any atom is 0.293 e. The zero-order chi connectivity index (χ0) is 35.1. The quantitative estimate of drug-likeness (QED) is 0.100. The van der Waals surface area contributed by atoms with Gasteiger partial charge in [0, 0.05) is 16.1 Å². The normalized spacial score (nSPS) is 23.9. The lowest BCUT2D eigenvalue weighted by Gasteiger charge is -2.39. The summed E-state index contributed by atoms with van der Waals surface area (Å²) < 4.78 is 0. The third kappa shape index (κ3) is 4.08. The molecule has 1 saturated heterocycles. The highest BCUT2D eigenvalue weighted by molar-refractivity contribution is 6.39. The average molecular weight is 700 g/mol. The molecular weight excluding hydrogens is 671 g/mol. The minimum absolute atomic E-state index is 0.116. The topological polar surface area (TPSA) is 97.6 Å². The second kappa shape index (κ2) is 11.3. The molecule has 1 saturated carbocycles. The standard InChI is InChI=1S/C41H28Cl2N2O5/c1-23-21-31(32(45(49)50)22-24(23)2)44-37(46)35-36(38(44)47)41(28-15-19-30(43)20-16-28)34(26-11-7-4-8-12-26)33(25-9-5-3-6-10-25)40(35,39(41)48)27-13-17-29(42)18-14-27/h3-22,35-36H,1-2H3/t35-,36-,40+,41+/m1/s1. The molecule has 2 bridgehead atoms. The Hall–Kier alpha value is -5.37. The lowest BCUT2D eigenvalue weighted by molar-refractivity contribution is -0.384. The lowest BCUT2D eigenvalue weighted by atomic mass is 9.59. The van der Waals surface area contributed by atoms with Crippen LogP contribution < -0.4 is 4.90 Å². The molecule has 0 aromatic heterocycles. The Balaban J connectivity index is 1.55. The molecule has 2 fully saturated rings. The van der Waals surface area contributed by atoms with Crippen molar-refractivity contribution in [1.82, 2.24) is 0 Å². The molecule has 5 aromatic carbocycles. The van der Waals surface area contributed by atoms with Crippen LogP contribution in [0.5, 0.6) is 0 Å². The van der Waals surface area contributed by atoms with Gasteiger partial charge in [-0.05, 0) is 88.7 Å².